The van der Waals surface area contributed by atoms with Crippen molar-refractivity contribution in [1.82, 2.24) is 10.2 Å². The number of hydrogen-bond acceptors (Lipinski definition) is 4. The predicted octanol–water partition coefficient (Wildman–Crippen LogP) is 3.38. The van der Waals surface area contributed by atoms with E-state index < -0.39 is 0 Å². The first-order valence-electron chi connectivity index (χ1n) is 8.08. The van der Waals surface area contributed by atoms with Crippen LogP contribution in [0.2, 0.25) is 0 Å². The minimum absolute atomic E-state index is 0.00418. The average Bonchev–Trinajstić information content (AvgIpc) is 2.65. The molecule has 2 aromatic rings. The number of phenolic OH excluding ortho intramolecular Hbond substituents is 1. The molecule has 0 unspecified atom stereocenters. The molecule has 0 spiro atoms. The van der Waals surface area contributed by atoms with Gasteiger partial charge in [0.05, 0.1) is 14.2 Å². The fourth-order valence-corrected chi connectivity index (χ4v) is 2.82. The van der Waals surface area contributed by atoms with Crippen molar-refractivity contribution in [3.63, 3.8) is 0 Å². The Bertz CT molecular complexity index is 738. The molecule has 0 aromatic heterocycles. The largest absolute Gasteiger partial charge is 0.502 e. The molecule has 0 radical (unpaired) electrons. The highest BCUT2D eigenvalue weighted by Gasteiger charge is 2.12. The molecule has 7 heteroatoms. The highest BCUT2D eigenvalue weighted by molar-refractivity contribution is 9.10. The standard InChI is InChI=1S/C19H24BrN3O3/c1-21-19(23(2)12-13-5-7-15(20)8-6-13)22-11-14-9-16(25-3)18(24)17(10-14)26-4/h5-10,24H,11-12H2,1-4H3,(H,21,22). The highest BCUT2D eigenvalue weighted by Crippen LogP contribution is 2.37. The summed E-state index contributed by atoms with van der Waals surface area (Å²) >= 11 is 3.45. The van der Waals surface area contributed by atoms with E-state index in [1.54, 1.807) is 19.2 Å². The summed E-state index contributed by atoms with van der Waals surface area (Å²) in [5.41, 5.74) is 2.10. The van der Waals surface area contributed by atoms with Crippen LogP contribution < -0.4 is 14.8 Å². The third kappa shape index (κ3) is 5.05. The lowest BCUT2D eigenvalue weighted by Gasteiger charge is -2.22. The SMILES string of the molecule is CN=C(NCc1cc(OC)c(O)c(OC)c1)N(C)Cc1ccc(Br)cc1. The van der Waals surface area contributed by atoms with Crippen LogP contribution in [0.1, 0.15) is 11.1 Å². The van der Waals surface area contributed by atoms with E-state index in [2.05, 4.69) is 38.4 Å². The molecule has 0 aliphatic carbocycles. The molecule has 26 heavy (non-hydrogen) atoms. The van der Waals surface area contributed by atoms with E-state index in [1.165, 1.54) is 19.8 Å². The molecule has 0 aliphatic rings. The van der Waals surface area contributed by atoms with Crippen molar-refractivity contribution in [3.05, 3.63) is 52.0 Å². The normalized spacial score (nSPS) is 11.2. The van der Waals surface area contributed by atoms with Crippen molar-refractivity contribution >= 4 is 21.9 Å². The van der Waals surface area contributed by atoms with Gasteiger partial charge in [0.1, 0.15) is 0 Å². The van der Waals surface area contributed by atoms with Gasteiger partial charge in [-0.2, -0.15) is 0 Å². The molecule has 2 aromatic carbocycles. The maximum absolute atomic E-state index is 10.0. The Labute approximate surface area is 162 Å². The van der Waals surface area contributed by atoms with Crippen LogP contribution in [-0.4, -0.2) is 44.3 Å². The first kappa shape index (κ1) is 19.9. The third-order valence-corrected chi connectivity index (χ3v) is 4.43. The van der Waals surface area contributed by atoms with Gasteiger partial charge >= 0.3 is 0 Å². The van der Waals surface area contributed by atoms with Crippen LogP contribution in [0.15, 0.2) is 45.9 Å². The number of nitrogens with one attached hydrogen (secondary N) is 1. The molecular formula is C19H24BrN3O3. The maximum atomic E-state index is 10.0. The summed E-state index contributed by atoms with van der Waals surface area (Å²) < 4.78 is 11.4. The number of benzene rings is 2. The van der Waals surface area contributed by atoms with Gasteiger partial charge in [0.25, 0.3) is 0 Å². The molecule has 0 saturated heterocycles. The first-order chi connectivity index (χ1) is 12.5. The van der Waals surface area contributed by atoms with Gasteiger partial charge in [0, 0.05) is 31.7 Å². The predicted molar refractivity (Wildman–Crippen MR) is 107 cm³/mol. The van der Waals surface area contributed by atoms with Gasteiger partial charge in [-0.1, -0.05) is 28.1 Å². The van der Waals surface area contributed by atoms with Crippen molar-refractivity contribution in [2.75, 3.05) is 28.3 Å². The van der Waals surface area contributed by atoms with Crippen LogP contribution >= 0.6 is 15.9 Å². The average molecular weight is 422 g/mol. The van der Waals surface area contributed by atoms with Crippen LogP contribution in [0.5, 0.6) is 17.2 Å². The quantitative estimate of drug-likeness (QED) is 0.552. The molecule has 0 fully saturated rings. The number of hydrogen-bond donors (Lipinski definition) is 2. The molecule has 0 amide bonds. The van der Waals surface area contributed by atoms with Crippen molar-refractivity contribution < 1.29 is 14.6 Å². The number of phenols is 1. The number of guanidine groups is 1. The van der Waals surface area contributed by atoms with Crippen LogP contribution in [0, 0.1) is 0 Å². The number of halogens is 1. The van der Waals surface area contributed by atoms with E-state index in [0.717, 1.165) is 22.5 Å². The topological polar surface area (TPSA) is 66.3 Å². The van der Waals surface area contributed by atoms with E-state index in [9.17, 15) is 5.11 Å². The van der Waals surface area contributed by atoms with Gasteiger partial charge in [0.15, 0.2) is 17.5 Å². The van der Waals surface area contributed by atoms with Crippen LogP contribution in [0.4, 0.5) is 0 Å². The molecule has 6 nitrogen and oxygen atoms in total. The van der Waals surface area contributed by atoms with E-state index in [-0.39, 0.29) is 5.75 Å². The summed E-state index contributed by atoms with van der Waals surface area (Å²) in [6.45, 7) is 1.25. The monoisotopic (exact) mass is 421 g/mol. The zero-order chi connectivity index (χ0) is 19.1. The Morgan fingerprint density at radius 3 is 2.19 bits per heavy atom. The van der Waals surface area contributed by atoms with E-state index >= 15 is 0 Å². The van der Waals surface area contributed by atoms with Gasteiger partial charge < -0.3 is 24.8 Å². The summed E-state index contributed by atoms with van der Waals surface area (Å²) in [4.78, 5) is 6.37. The number of nitrogens with zero attached hydrogens (tertiary/aromatic N) is 2. The van der Waals surface area contributed by atoms with Crippen molar-refractivity contribution in [2.45, 2.75) is 13.1 Å². The summed E-state index contributed by atoms with van der Waals surface area (Å²) in [5, 5.41) is 13.3. The zero-order valence-corrected chi connectivity index (χ0v) is 17.0. The van der Waals surface area contributed by atoms with Gasteiger partial charge in [-0.3, -0.25) is 4.99 Å². The lowest BCUT2D eigenvalue weighted by atomic mass is 10.2. The van der Waals surface area contributed by atoms with Gasteiger partial charge in [-0.25, -0.2) is 0 Å². The molecule has 2 N–H and O–H groups in total. The minimum Gasteiger partial charge on any atom is -0.502 e. The Hall–Kier alpha value is -2.41. The zero-order valence-electron chi connectivity index (χ0n) is 15.4. The Morgan fingerprint density at radius 1 is 1.12 bits per heavy atom. The Morgan fingerprint density at radius 2 is 1.69 bits per heavy atom. The second-order valence-electron chi connectivity index (χ2n) is 5.73. The third-order valence-electron chi connectivity index (χ3n) is 3.90. The van der Waals surface area contributed by atoms with Crippen molar-refractivity contribution in [1.29, 1.82) is 0 Å². The number of aromatic hydroxyl groups is 1. The highest BCUT2D eigenvalue weighted by atomic mass is 79.9. The lowest BCUT2D eigenvalue weighted by Crippen LogP contribution is -2.38. The molecule has 0 aliphatic heterocycles. The van der Waals surface area contributed by atoms with Gasteiger partial charge in [0.2, 0.25) is 5.75 Å². The molecule has 0 bridgehead atoms. The molecule has 140 valence electrons. The van der Waals surface area contributed by atoms with E-state index in [1.807, 2.05) is 24.1 Å². The van der Waals surface area contributed by atoms with Crippen molar-refractivity contribution in [2.24, 2.45) is 4.99 Å². The van der Waals surface area contributed by atoms with Crippen molar-refractivity contribution in [3.8, 4) is 17.2 Å². The smallest absolute Gasteiger partial charge is 0.200 e. The Kier molecular flexibility index (Phi) is 7.15. The number of rotatable bonds is 6. The first-order valence-corrected chi connectivity index (χ1v) is 8.87. The molecule has 0 heterocycles. The number of ether oxygens (including phenoxy) is 2. The molecule has 0 saturated carbocycles. The molecule has 2 rings (SSSR count). The summed E-state index contributed by atoms with van der Waals surface area (Å²) in [6.07, 6.45) is 0. The number of methoxy groups -OCH3 is 2. The second-order valence-corrected chi connectivity index (χ2v) is 6.65. The fraction of sp³-hybridized carbons (Fsp3) is 0.316. The summed E-state index contributed by atoms with van der Waals surface area (Å²) in [5.74, 6) is 1.51. The Balaban J connectivity index is 2.05. The van der Waals surface area contributed by atoms with Crippen LogP contribution in [-0.2, 0) is 13.1 Å². The lowest BCUT2D eigenvalue weighted by molar-refractivity contribution is 0.339. The minimum atomic E-state index is -0.00418. The summed E-state index contributed by atoms with van der Waals surface area (Å²) in [7, 11) is 6.75. The maximum Gasteiger partial charge on any atom is 0.200 e. The molecule has 0 atom stereocenters. The van der Waals surface area contributed by atoms with Gasteiger partial charge in [-0.15, -0.1) is 0 Å². The number of aliphatic imine (C=N–C) groups is 1. The van der Waals surface area contributed by atoms with E-state index in [4.69, 9.17) is 9.47 Å². The van der Waals surface area contributed by atoms with Crippen LogP contribution in [0.25, 0.3) is 0 Å². The second kappa shape index (κ2) is 9.33. The van der Waals surface area contributed by atoms with E-state index in [0.29, 0.717) is 18.0 Å². The fourth-order valence-electron chi connectivity index (χ4n) is 2.55. The molecular weight excluding hydrogens is 398 g/mol. The van der Waals surface area contributed by atoms with Crippen LogP contribution in [0.3, 0.4) is 0 Å². The summed E-state index contributed by atoms with van der Waals surface area (Å²) in [6, 6.07) is 11.7. The van der Waals surface area contributed by atoms with Gasteiger partial charge in [-0.05, 0) is 35.4 Å².